The predicted molar refractivity (Wildman–Crippen MR) is 116 cm³/mol. The molecule has 8 heteroatoms. The minimum Gasteiger partial charge on any atom is -0.402 e. The van der Waals surface area contributed by atoms with Crippen molar-refractivity contribution in [3.05, 3.63) is 77.0 Å². The molecule has 30 heavy (non-hydrogen) atoms. The Bertz CT molecular complexity index is 1060. The number of hydrogen-bond acceptors (Lipinski definition) is 6. The second kappa shape index (κ2) is 9.13. The molecule has 3 N–H and O–H groups in total. The first-order valence-electron chi connectivity index (χ1n) is 9.88. The van der Waals surface area contributed by atoms with E-state index in [0.717, 1.165) is 24.5 Å². The van der Waals surface area contributed by atoms with Crippen LogP contribution in [-0.4, -0.2) is 29.2 Å². The third-order valence-corrected chi connectivity index (χ3v) is 4.86. The number of amides is 1. The lowest BCUT2D eigenvalue weighted by atomic mass is 10.2. The van der Waals surface area contributed by atoms with Gasteiger partial charge >= 0.3 is 6.09 Å². The zero-order chi connectivity index (χ0) is 20.8. The van der Waals surface area contributed by atoms with Gasteiger partial charge in [0.25, 0.3) is 5.56 Å². The van der Waals surface area contributed by atoms with E-state index in [4.69, 9.17) is 4.74 Å². The van der Waals surface area contributed by atoms with Gasteiger partial charge < -0.3 is 19.9 Å². The molecular weight excluding hydrogens is 382 g/mol. The molecule has 1 saturated heterocycles. The molecule has 1 aliphatic rings. The number of aromatic nitrogens is 2. The van der Waals surface area contributed by atoms with Crippen molar-refractivity contribution in [3.8, 4) is 5.75 Å². The van der Waals surface area contributed by atoms with E-state index < -0.39 is 11.7 Å². The number of carbonyl (C=O) groups excluding carboxylic acids is 1. The highest BCUT2D eigenvalue weighted by molar-refractivity contribution is 5.87. The fourth-order valence-electron chi connectivity index (χ4n) is 3.39. The Labute approximate surface area is 173 Å². The van der Waals surface area contributed by atoms with Crippen LogP contribution in [0.3, 0.4) is 0 Å². The maximum absolute atomic E-state index is 12.5. The summed E-state index contributed by atoms with van der Waals surface area (Å²) in [6.07, 6.45) is 4.80. The molecule has 0 aliphatic carbocycles. The van der Waals surface area contributed by atoms with E-state index in [1.807, 2.05) is 36.4 Å². The lowest BCUT2D eigenvalue weighted by Crippen LogP contribution is -2.23. The van der Waals surface area contributed by atoms with Crippen LogP contribution < -0.4 is 25.8 Å². The Balaban J connectivity index is 1.44. The number of hydrogen-bond donors (Lipinski definition) is 3. The van der Waals surface area contributed by atoms with E-state index >= 15 is 0 Å². The van der Waals surface area contributed by atoms with Crippen molar-refractivity contribution in [2.24, 2.45) is 0 Å². The second-order valence-corrected chi connectivity index (χ2v) is 6.98. The van der Waals surface area contributed by atoms with Crippen LogP contribution in [0.4, 0.5) is 21.9 Å². The molecule has 3 aromatic rings. The molecule has 4 rings (SSSR count). The van der Waals surface area contributed by atoms with Crippen LogP contribution in [0.25, 0.3) is 0 Å². The normalized spacial score (nSPS) is 13.1. The molecule has 1 fully saturated rings. The molecule has 1 aliphatic heterocycles. The topological polar surface area (TPSA) is 99.3 Å². The summed E-state index contributed by atoms with van der Waals surface area (Å²) in [6, 6.07) is 14.8. The minimum atomic E-state index is -0.730. The van der Waals surface area contributed by atoms with Gasteiger partial charge in [0.05, 0.1) is 17.9 Å². The molecule has 0 spiro atoms. The standard InChI is InChI=1S/C22H23N5O3/c28-21-20(19(9-11-24-21)25-15-17-6-1-2-10-23-17)30-22(29)26-16-7-5-8-18(14-16)27-12-3-4-13-27/h1-2,5-11,14H,3-4,12-13,15H2,(H,26,29)(H2,24,25,28). The number of aromatic amines is 1. The summed E-state index contributed by atoms with van der Waals surface area (Å²) in [4.78, 5) is 33.7. The van der Waals surface area contributed by atoms with Crippen LogP contribution >= 0.6 is 0 Å². The van der Waals surface area contributed by atoms with E-state index in [1.54, 1.807) is 18.3 Å². The molecule has 0 bridgehead atoms. The van der Waals surface area contributed by atoms with Crippen molar-refractivity contribution < 1.29 is 9.53 Å². The Kier molecular flexibility index (Phi) is 5.93. The van der Waals surface area contributed by atoms with Gasteiger partial charge in [0.2, 0.25) is 5.75 Å². The minimum absolute atomic E-state index is 0.0957. The SMILES string of the molecule is O=C(Nc1cccc(N2CCCC2)c1)Oc1c(NCc2ccccn2)cc[nH]c1=O. The summed E-state index contributed by atoms with van der Waals surface area (Å²) >= 11 is 0. The quantitative estimate of drug-likeness (QED) is 0.580. The highest BCUT2D eigenvalue weighted by atomic mass is 16.6. The summed E-state index contributed by atoms with van der Waals surface area (Å²) in [6.45, 7) is 2.41. The van der Waals surface area contributed by atoms with Crippen LogP contribution in [0.5, 0.6) is 5.75 Å². The van der Waals surface area contributed by atoms with Crippen LogP contribution in [0, 0.1) is 0 Å². The van der Waals surface area contributed by atoms with Crippen LogP contribution in [0.1, 0.15) is 18.5 Å². The molecule has 0 radical (unpaired) electrons. The van der Waals surface area contributed by atoms with Gasteiger partial charge in [0.1, 0.15) is 0 Å². The third-order valence-electron chi connectivity index (χ3n) is 4.86. The van der Waals surface area contributed by atoms with Gasteiger partial charge in [-0.1, -0.05) is 12.1 Å². The molecule has 154 valence electrons. The number of pyridine rings is 2. The largest absolute Gasteiger partial charge is 0.417 e. The zero-order valence-electron chi connectivity index (χ0n) is 16.4. The average molecular weight is 405 g/mol. The maximum Gasteiger partial charge on any atom is 0.417 e. The maximum atomic E-state index is 12.5. The number of anilines is 3. The van der Waals surface area contributed by atoms with Gasteiger partial charge in [-0.05, 0) is 49.2 Å². The van der Waals surface area contributed by atoms with Crippen LogP contribution in [0.2, 0.25) is 0 Å². The number of ether oxygens (including phenoxy) is 1. The van der Waals surface area contributed by atoms with Crippen molar-refractivity contribution in [2.45, 2.75) is 19.4 Å². The predicted octanol–water partition coefficient (Wildman–Crippen LogP) is 3.59. The van der Waals surface area contributed by atoms with Crippen molar-refractivity contribution in [2.75, 3.05) is 28.6 Å². The number of benzene rings is 1. The number of nitrogens with one attached hydrogen (secondary N) is 3. The summed E-state index contributed by atoms with van der Waals surface area (Å²) in [5.74, 6) is -0.0957. The number of rotatable bonds is 6. The van der Waals surface area contributed by atoms with Crippen molar-refractivity contribution in [1.82, 2.24) is 9.97 Å². The molecule has 0 unspecified atom stereocenters. The summed E-state index contributed by atoms with van der Waals surface area (Å²) in [7, 11) is 0. The summed E-state index contributed by atoms with van der Waals surface area (Å²) < 4.78 is 5.34. The summed E-state index contributed by atoms with van der Waals surface area (Å²) in [5.41, 5.74) is 2.37. The Morgan fingerprint density at radius 2 is 2.00 bits per heavy atom. The molecule has 0 atom stereocenters. The average Bonchev–Trinajstić information content (AvgIpc) is 3.30. The molecule has 3 heterocycles. The first kappa shape index (κ1) is 19.5. The highest BCUT2D eigenvalue weighted by Gasteiger charge is 2.16. The second-order valence-electron chi connectivity index (χ2n) is 6.98. The lowest BCUT2D eigenvalue weighted by molar-refractivity contribution is 0.215. The van der Waals surface area contributed by atoms with Gasteiger partial charge in [-0.2, -0.15) is 0 Å². The summed E-state index contributed by atoms with van der Waals surface area (Å²) in [5, 5.41) is 5.79. The number of nitrogens with zero attached hydrogens (tertiary/aromatic N) is 2. The van der Waals surface area contributed by atoms with E-state index in [1.165, 1.54) is 19.0 Å². The lowest BCUT2D eigenvalue weighted by Gasteiger charge is -2.18. The van der Waals surface area contributed by atoms with Crippen LogP contribution in [-0.2, 0) is 6.54 Å². The van der Waals surface area contributed by atoms with Gasteiger partial charge in [0, 0.05) is 36.9 Å². The van der Waals surface area contributed by atoms with Gasteiger partial charge in [-0.15, -0.1) is 0 Å². The van der Waals surface area contributed by atoms with E-state index in [-0.39, 0.29) is 5.75 Å². The smallest absolute Gasteiger partial charge is 0.402 e. The first-order valence-corrected chi connectivity index (χ1v) is 9.88. The van der Waals surface area contributed by atoms with Gasteiger partial charge in [0.15, 0.2) is 0 Å². The molecule has 1 amide bonds. The molecule has 1 aromatic carbocycles. The molecular formula is C22H23N5O3. The molecule has 8 nitrogen and oxygen atoms in total. The fourth-order valence-corrected chi connectivity index (χ4v) is 3.39. The van der Waals surface area contributed by atoms with Crippen molar-refractivity contribution >= 4 is 23.2 Å². The Hall–Kier alpha value is -3.81. The van der Waals surface area contributed by atoms with Crippen LogP contribution in [0.15, 0.2) is 65.7 Å². The number of carbonyl (C=O) groups is 1. The number of H-pyrrole nitrogens is 1. The van der Waals surface area contributed by atoms with Gasteiger partial charge in [-0.3, -0.25) is 15.1 Å². The molecule has 0 saturated carbocycles. The van der Waals surface area contributed by atoms with E-state index in [0.29, 0.717) is 17.9 Å². The third kappa shape index (κ3) is 4.78. The van der Waals surface area contributed by atoms with Gasteiger partial charge in [-0.25, -0.2) is 4.79 Å². The Morgan fingerprint density at radius 3 is 2.80 bits per heavy atom. The fraction of sp³-hybridized carbons (Fsp3) is 0.227. The zero-order valence-corrected chi connectivity index (χ0v) is 16.4. The molecule has 2 aromatic heterocycles. The van der Waals surface area contributed by atoms with E-state index in [9.17, 15) is 9.59 Å². The first-order chi connectivity index (χ1) is 14.7. The van der Waals surface area contributed by atoms with E-state index in [2.05, 4.69) is 25.5 Å². The highest BCUT2D eigenvalue weighted by Crippen LogP contribution is 2.24. The monoisotopic (exact) mass is 405 g/mol. The van der Waals surface area contributed by atoms with Crippen molar-refractivity contribution in [3.63, 3.8) is 0 Å². The van der Waals surface area contributed by atoms with Crippen molar-refractivity contribution in [1.29, 1.82) is 0 Å². The Morgan fingerprint density at radius 1 is 1.13 bits per heavy atom.